The molecule has 8 heteroatoms. The highest BCUT2D eigenvalue weighted by atomic mass is 79.9. The molecule has 0 bridgehead atoms. The molecular weight excluding hydrogens is 438 g/mol. The molecule has 0 unspecified atom stereocenters. The summed E-state index contributed by atoms with van der Waals surface area (Å²) in [6.07, 6.45) is 0. The van der Waals surface area contributed by atoms with Gasteiger partial charge in [-0.25, -0.2) is 8.42 Å². The Hall–Kier alpha value is -1.25. The number of nitrogens with one attached hydrogen (secondary N) is 1. The average Bonchev–Trinajstić information content (AvgIpc) is 2.49. The molecule has 0 aromatic heterocycles. The predicted molar refractivity (Wildman–Crippen MR) is 90.1 cm³/mol. The van der Waals surface area contributed by atoms with Crippen LogP contribution >= 0.6 is 31.9 Å². The Balaban J connectivity index is 1.93. The van der Waals surface area contributed by atoms with Crippen LogP contribution in [-0.2, 0) is 10.0 Å². The Bertz CT molecular complexity index is 824. The van der Waals surface area contributed by atoms with Crippen molar-refractivity contribution in [3.05, 3.63) is 45.3 Å². The largest absolute Gasteiger partial charge is 0.486 e. The van der Waals surface area contributed by atoms with E-state index in [1.165, 1.54) is 6.07 Å². The van der Waals surface area contributed by atoms with Crippen LogP contribution in [0.5, 0.6) is 11.5 Å². The predicted octanol–water partition coefficient (Wildman–Crippen LogP) is 3.78. The summed E-state index contributed by atoms with van der Waals surface area (Å²) in [5.41, 5.74) is 0.413. The van der Waals surface area contributed by atoms with Crippen LogP contribution in [0.15, 0.2) is 50.2 Å². The van der Waals surface area contributed by atoms with Crippen molar-refractivity contribution in [3.63, 3.8) is 0 Å². The van der Waals surface area contributed by atoms with Gasteiger partial charge in [0.1, 0.15) is 18.1 Å². The van der Waals surface area contributed by atoms with Gasteiger partial charge < -0.3 is 9.47 Å². The smallest absolute Gasteiger partial charge is 0.263 e. The maximum Gasteiger partial charge on any atom is 0.263 e. The summed E-state index contributed by atoms with van der Waals surface area (Å²) in [6, 6.07) is 9.89. The molecule has 0 atom stereocenters. The zero-order chi connectivity index (χ0) is 15.7. The topological polar surface area (TPSA) is 64.6 Å². The summed E-state index contributed by atoms with van der Waals surface area (Å²) >= 11 is 6.53. The first kappa shape index (κ1) is 15.6. The van der Waals surface area contributed by atoms with Gasteiger partial charge in [-0.05, 0) is 46.3 Å². The third-order valence-electron chi connectivity index (χ3n) is 2.98. The molecule has 0 fully saturated rings. The summed E-state index contributed by atoms with van der Waals surface area (Å²) in [7, 11) is -3.72. The second kappa shape index (κ2) is 6.10. The van der Waals surface area contributed by atoms with Gasteiger partial charge in [-0.1, -0.05) is 15.9 Å². The molecule has 2 aromatic rings. The van der Waals surface area contributed by atoms with Crippen molar-refractivity contribution in [1.82, 2.24) is 0 Å². The highest BCUT2D eigenvalue weighted by molar-refractivity contribution is 9.11. The van der Waals surface area contributed by atoms with E-state index in [9.17, 15) is 8.42 Å². The number of sulfonamides is 1. The second-order valence-corrected chi connectivity index (χ2v) is 7.96. The van der Waals surface area contributed by atoms with Gasteiger partial charge in [-0.3, -0.25) is 4.72 Å². The van der Waals surface area contributed by atoms with E-state index >= 15 is 0 Å². The molecule has 0 aliphatic carbocycles. The third-order valence-corrected chi connectivity index (χ3v) is 5.85. The first-order valence-electron chi connectivity index (χ1n) is 6.33. The Morgan fingerprint density at radius 3 is 2.45 bits per heavy atom. The lowest BCUT2D eigenvalue weighted by atomic mass is 10.3. The zero-order valence-corrected chi connectivity index (χ0v) is 15.2. The van der Waals surface area contributed by atoms with Gasteiger partial charge >= 0.3 is 0 Å². The van der Waals surface area contributed by atoms with Crippen LogP contribution in [-0.4, -0.2) is 21.6 Å². The highest BCUT2D eigenvalue weighted by Crippen LogP contribution is 2.34. The fraction of sp³-hybridized carbons (Fsp3) is 0.143. The van der Waals surface area contributed by atoms with E-state index in [1.54, 1.807) is 30.3 Å². The Morgan fingerprint density at radius 2 is 1.68 bits per heavy atom. The van der Waals surface area contributed by atoms with Gasteiger partial charge in [-0.2, -0.15) is 0 Å². The minimum Gasteiger partial charge on any atom is -0.486 e. The molecule has 116 valence electrons. The number of rotatable bonds is 3. The quantitative estimate of drug-likeness (QED) is 0.775. The van der Waals surface area contributed by atoms with Crippen molar-refractivity contribution in [3.8, 4) is 11.5 Å². The van der Waals surface area contributed by atoms with Crippen LogP contribution in [0.4, 0.5) is 5.69 Å². The van der Waals surface area contributed by atoms with Crippen LogP contribution in [0, 0.1) is 0 Å². The lowest BCUT2D eigenvalue weighted by Gasteiger charge is -2.19. The van der Waals surface area contributed by atoms with Crippen LogP contribution in [0.3, 0.4) is 0 Å². The minimum absolute atomic E-state index is 0.150. The molecular formula is C14H11Br2NO4S. The van der Waals surface area contributed by atoms with E-state index in [1.807, 2.05) is 0 Å². The average molecular weight is 449 g/mol. The van der Waals surface area contributed by atoms with Gasteiger partial charge in [0.2, 0.25) is 0 Å². The molecule has 3 rings (SSSR count). The van der Waals surface area contributed by atoms with Gasteiger partial charge in [0.15, 0.2) is 11.5 Å². The molecule has 0 radical (unpaired) electrons. The number of benzene rings is 2. The molecule has 1 N–H and O–H groups in total. The van der Waals surface area contributed by atoms with Crippen LogP contribution in [0.25, 0.3) is 0 Å². The lowest BCUT2D eigenvalue weighted by molar-refractivity contribution is 0.171. The fourth-order valence-electron chi connectivity index (χ4n) is 2.00. The van der Waals surface area contributed by atoms with Crippen molar-refractivity contribution < 1.29 is 17.9 Å². The van der Waals surface area contributed by atoms with Gasteiger partial charge in [-0.15, -0.1) is 0 Å². The monoisotopic (exact) mass is 447 g/mol. The van der Waals surface area contributed by atoms with Gasteiger partial charge in [0.05, 0.1) is 5.69 Å². The first-order valence-corrected chi connectivity index (χ1v) is 9.40. The number of hydrogen-bond acceptors (Lipinski definition) is 4. The van der Waals surface area contributed by atoms with Crippen molar-refractivity contribution in [2.75, 3.05) is 17.9 Å². The summed E-state index contributed by atoms with van der Waals surface area (Å²) in [4.78, 5) is 0.150. The maximum atomic E-state index is 12.5. The Labute approximate surface area is 144 Å². The van der Waals surface area contributed by atoms with Crippen molar-refractivity contribution in [1.29, 1.82) is 0 Å². The first-order chi connectivity index (χ1) is 10.5. The van der Waals surface area contributed by atoms with E-state index in [-0.39, 0.29) is 4.90 Å². The van der Waals surface area contributed by atoms with E-state index in [4.69, 9.17) is 9.47 Å². The molecule has 5 nitrogen and oxygen atoms in total. The third kappa shape index (κ3) is 3.23. The molecule has 0 saturated carbocycles. The van der Waals surface area contributed by atoms with Crippen molar-refractivity contribution in [2.24, 2.45) is 0 Å². The van der Waals surface area contributed by atoms with Gasteiger partial charge in [0, 0.05) is 15.0 Å². The molecule has 1 heterocycles. The van der Waals surface area contributed by atoms with Crippen molar-refractivity contribution >= 4 is 47.6 Å². The summed E-state index contributed by atoms with van der Waals surface area (Å²) in [5.74, 6) is 1.14. The SMILES string of the molecule is O=S(=O)(Nc1ccc2c(c1)OCCO2)c1cc(Br)ccc1Br. The molecule has 0 spiro atoms. The number of anilines is 1. The number of halogens is 2. The van der Waals surface area contributed by atoms with Crippen LogP contribution in [0.2, 0.25) is 0 Å². The molecule has 1 aliphatic heterocycles. The number of hydrogen-bond donors (Lipinski definition) is 1. The molecule has 2 aromatic carbocycles. The lowest BCUT2D eigenvalue weighted by Crippen LogP contribution is -2.17. The standard InChI is InChI=1S/C14H11Br2NO4S/c15-9-1-3-11(16)14(7-9)22(18,19)17-10-2-4-12-13(8-10)21-6-5-20-12/h1-4,7-8,17H,5-6H2. The molecule has 22 heavy (non-hydrogen) atoms. The van der Waals surface area contributed by atoms with E-state index in [0.717, 1.165) is 0 Å². The fourth-order valence-corrected chi connectivity index (χ4v) is 4.55. The Kier molecular flexibility index (Phi) is 4.33. The second-order valence-electron chi connectivity index (χ2n) is 4.54. The normalized spacial score (nSPS) is 13.7. The zero-order valence-electron chi connectivity index (χ0n) is 11.2. The summed E-state index contributed by atoms with van der Waals surface area (Å²) < 4.78 is 39.6. The highest BCUT2D eigenvalue weighted by Gasteiger charge is 2.20. The Morgan fingerprint density at radius 1 is 0.955 bits per heavy atom. The molecule has 0 saturated heterocycles. The summed E-state index contributed by atoms with van der Waals surface area (Å²) in [5, 5.41) is 0. The van der Waals surface area contributed by atoms with Gasteiger partial charge in [0.25, 0.3) is 10.0 Å². The summed E-state index contributed by atoms with van der Waals surface area (Å²) in [6.45, 7) is 0.934. The van der Waals surface area contributed by atoms with E-state index in [0.29, 0.717) is 39.3 Å². The molecule has 1 aliphatic rings. The van der Waals surface area contributed by atoms with E-state index < -0.39 is 10.0 Å². The van der Waals surface area contributed by atoms with E-state index in [2.05, 4.69) is 36.6 Å². The van der Waals surface area contributed by atoms with Crippen LogP contribution in [0.1, 0.15) is 0 Å². The molecule has 0 amide bonds. The maximum absolute atomic E-state index is 12.5. The van der Waals surface area contributed by atoms with Crippen LogP contribution < -0.4 is 14.2 Å². The minimum atomic E-state index is -3.72. The number of fused-ring (bicyclic) bond motifs is 1. The number of ether oxygens (including phenoxy) is 2. The van der Waals surface area contributed by atoms with Crippen molar-refractivity contribution in [2.45, 2.75) is 4.90 Å².